The van der Waals surface area contributed by atoms with Gasteiger partial charge in [0, 0.05) is 13.1 Å². The Labute approximate surface area is 105 Å². The molecule has 0 fully saturated rings. The maximum Gasteiger partial charge on any atom is 0.191 e. The average molecular weight is 248 g/mol. The molecule has 17 heavy (non-hydrogen) atoms. The van der Waals surface area contributed by atoms with Gasteiger partial charge in [0.15, 0.2) is 5.16 Å². The Morgan fingerprint density at radius 3 is 2.53 bits per heavy atom. The molecular weight excluding hydrogens is 232 g/mol. The summed E-state index contributed by atoms with van der Waals surface area (Å²) in [6.45, 7) is 2.01. The Balaban J connectivity index is 2.22. The summed E-state index contributed by atoms with van der Waals surface area (Å²) < 4.78 is 1.91. The van der Waals surface area contributed by atoms with E-state index in [2.05, 4.69) is 22.3 Å². The second kappa shape index (κ2) is 5.33. The van der Waals surface area contributed by atoms with E-state index in [9.17, 15) is 0 Å². The molecule has 0 saturated heterocycles. The molecule has 90 valence electrons. The molecule has 0 radical (unpaired) electrons. The molecule has 0 spiro atoms. The summed E-state index contributed by atoms with van der Waals surface area (Å²) in [5.41, 5.74) is 7.28. The van der Waals surface area contributed by atoms with Crippen molar-refractivity contribution < 1.29 is 0 Å². The van der Waals surface area contributed by atoms with Gasteiger partial charge < -0.3 is 10.3 Å². The van der Waals surface area contributed by atoms with E-state index in [-0.39, 0.29) is 11.3 Å². The second-order valence-corrected chi connectivity index (χ2v) is 5.14. The summed E-state index contributed by atoms with van der Waals surface area (Å²) in [6.07, 6.45) is 1.70. The summed E-state index contributed by atoms with van der Waals surface area (Å²) in [7, 11) is 1.94. The summed E-state index contributed by atoms with van der Waals surface area (Å²) in [5.74, 6) is 0. The summed E-state index contributed by atoms with van der Waals surface area (Å²) in [5, 5.41) is 9.04. The van der Waals surface area contributed by atoms with Crippen LogP contribution in [-0.2, 0) is 7.05 Å². The Hall–Kier alpha value is -1.33. The standard InChI is InChI=1S/C12H16N4S/c1-9(13)11(10-6-4-3-5-7-10)17-12-15-14-8-16(12)2/h3-9,11H,13H2,1-2H3. The number of aryl methyl sites for hydroxylation is 1. The molecule has 0 aliphatic rings. The van der Waals surface area contributed by atoms with Gasteiger partial charge in [-0.15, -0.1) is 10.2 Å². The first kappa shape index (κ1) is 12.1. The van der Waals surface area contributed by atoms with Crippen molar-refractivity contribution in [3.63, 3.8) is 0 Å². The lowest BCUT2D eigenvalue weighted by atomic mass is 10.1. The van der Waals surface area contributed by atoms with E-state index in [1.807, 2.05) is 36.7 Å². The van der Waals surface area contributed by atoms with Crippen LogP contribution < -0.4 is 5.73 Å². The summed E-state index contributed by atoms with van der Waals surface area (Å²) >= 11 is 1.65. The molecule has 2 rings (SSSR count). The predicted molar refractivity (Wildman–Crippen MR) is 69.7 cm³/mol. The molecule has 5 heteroatoms. The highest BCUT2D eigenvalue weighted by Crippen LogP contribution is 2.35. The number of hydrogen-bond acceptors (Lipinski definition) is 4. The molecule has 0 aliphatic carbocycles. The van der Waals surface area contributed by atoms with Gasteiger partial charge in [0.2, 0.25) is 0 Å². The van der Waals surface area contributed by atoms with Crippen LogP contribution in [-0.4, -0.2) is 20.8 Å². The highest BCUT2D eigenvalue weighted by molar-refractivity contribution is 7.99. The van der Waals surface area contributed by atoms with E-state index in [0.29, 0.717) is 0 Å². The van der Waals surface area contributed by atoms with E-state index < -0.39 is 0 Å². The van der Waals surface area contributed by atoms with Crippen LogP contribution >= 0.6 is 11.8 Å². The predicted octanol–water partition coefficient (Wildman–Crippen LogP) is 2.00. The smallest absolute Gasteiger partial charge is 0.191 e. The number of nitrogens with zero attached hydrogens (tertiary/aromatic N) is 3. The maximum absolute atomic E-state index is 6.06. The molecular formula is C12H16N4S. The first-order chi connectivity index (χ1) is 8.18. The lowest BCUT2D eigenvalue weighted by molar-refractivity contribution is 0.709. The molecule has 1 aromatic heterocycles. The van der Waals surface area contributed by atoms with Crippen molar-refractivity contribution in [2.24, 2.45) is 12.8 Å². The molecule has 4 nitrogen and oxygen atoms in total. The number of nitrogens with two attached hydrogens (primary N) is 1. The molecule has 1 aromatic carbocycles. The minimum Gasteiger partial charge on any atom is -0.327 e. The molecule has 0 amide bonds. The second-order valence-electron chi connectivity index (χ2n) is 4.03. The van der Waals surface area contributed by atoms with E-state index in [1.165, 1.54) is 5.56 Å². The highest BCUT2D eigenvalue weighted by Gasteiger charge is 2.19. The van der Waals surface area contributed by atoms with Gasteiger partial charge in [-0.1, -0.05) is 42.1 Å². The molecule has 0 bridgehead atoms. The Bertz CT molecular complexity index is 466. The van der Waals surface area contributed by atoms with Crippen LogP contribution in [0.5, 0.6) is 0 Å². The zero-order valence-corrected chi connectivity index (χ0v) is 10.8. The zero-order chi connectivity index (χ0) is 12.3. The maximum atomic E-state index is 6.06. The fourth-order valence-corrected chi connectivity index (χ4v) is 2.66. The Kier molecular flexibility index (Phi) is 3.81. The van der Waals surface area contributed by atoms with E-state index in [1.54, 1.807) is 18.1 Å². The minimum absolute atomic E-state index is 0.0547. The van der Waals surface area contributed by atoms with Gasteiger partial charge in [-0.3, -0.25) is 0 Å². The fraction of sp³-hybridized carbons (Fsp3) is 0.333. The third-order valence-electron chi connectivity index (χ3n) is 2.51. The SMILES string of the molecule is CC(N)C(Sc1nncn1C)c1ccccc1. The van der Waals surface area contributed by atoms with Gasteiger partial charge in [-0.25, -0.2) is 0 Å². The fourth-order valence-electron chi connectivity index (χ4n) is 1.61. The van der Waals surface area contributed by atoms with Gasteiger partial charge in [-0.2, -0.15) is 0 Å². The van der Waals surface area contributed by atoms with Gasteiger partial charge in [0.1, 0.15) is 6.33 Å². The molecule has 1 heterocycles. The minimum atomic E-state index is 0.0547. The van der Waals surface area contributed by atoms with E-state index >= 15 is 0 Å². The lowest BCUT2D eigenvalue weighted by Crippen LogP contribution is -2.22. The third kappa shape index (κ3) is 2.87. The summed E-state index contributed by atoms with van der Waals surface area (Å²) in [4.78, 5) is 0. The van der Waals surface area contributed by atoms with Crippen LogP contribution in [0.25, 0.3) is 0 Å². The number of thioether (sulfide) groups is 1. The first-order valence-electron chi connectivity index (χ1n) is 5.49. The Morgan fingerprint density at radius 1 is 1.29 bits per heavy atom. The van der Waals surface area contributed by atoms with Crippen molar-refractivity contribution in [3.8, 4) is 0 Å². The molecule has 2 unspecified atom stereocenters. The lowest BCUT2D eigenvalue weighted by Gasteiger charge is -2.19. The quantitative estimate of drug-likeness (QED) is 0.841. The largest absolute Gasteiger partial charge is 0.327 e. The Morgan fingerprint density at radius 2 is 2.00 bits per heavy atom. The molecule has 2 aromatic rings. The van der Waals surface area contributed by atoms with Crippen LogP contribution in [0.4, 0.5) is 0 Å². The normalized spacial score (nSPS) is 14.5. The number of hydrogen-bond donors (Lipinski definition) is 1. The highest BCUT2D eigenvalue weighted by atomic mass is 32.2. The molecule has 0 saturated carbocycles. The van der Waals surface area contributed by atoms with Crippen molar-refractivity contribution in [1.29, 1.82) is 0 Å². The van der Waals surface area contributed by atoms with Gasteiger partial charge in [0.25, 0.3) is 0 Å². The molecule has 2 N–H and O–H groups in total. The van der Waals surface area contributed by atoms with Crippen molar-refractivity contribution >= 4 is 11.8 Å². The number of aromatic nitrogens is 3. The van der Waals surface area contributed by atoms with E-state index in [0.717, 1.165) is 5.16 Å². The van der Waals surface area contributed by atoms with Gasteiger partial charge in [-0.05, 0) is 12.5 Å². The molecule has 0 aliphatic heterocycles. The topological polar surface area (TPSA) is 56.7 Å². The van der Waals surface area contributed by atoms with Crippen LogP contribution in [0.3, 0.4) is 0 Å². The monoisotopic (exact) mass is 248 g/mol. The van der Waals surface area contributed by atoms with Gasteiger partial charge >= 0.3 is 0 Å². The summed E-state index contributed by atoms with van der Waals surface area (Å²) in [6, 6.07) is 10.3. The first-order valence-corrected chi connectivity index (χ1v) is 6.37. The molecule has 2 atom stereocenters. The zero-order valence-electron chi connectivity index (χ0n) is 9.95. The van der Waals surface area contributed by atoms with E-state index in [4.69, 9.17) is 5.73 Å². The third-order valence-corrected chi connectivity index (χ3v) is 4.04. The average Bonchev–Trinajstić information content (AvgIpc) is 2.72. The van der Waals surface area contributed by atoms with Crippen molar-refractivity contribution in [3.05, 3.63) is 42.2 Å². The number of benzene rings is 1. The van der Waals surface area contributed by atoms with Crippen LogP contribution in [0.15, 0.2) is 41.8 Å². The van der Waals surface area contributed by atoms with Crippen molar-refractivity contribution in [2.45, 2.75) is 23.4 Å². The van der Waals surface area contributed by atoms with Gasteiger partial charge in [0.05, 0.1) is 5.25 Å². The van der Waals surface area contributed by atoms with Crippen molar-refractivity contribution in [1.82, 2.24) is 14.8 Å². The van der Waals surface area contributed by atoms with Crippen LogP contribution in [0, 0.1) is 0 Å². The number of rotatable bonds is 4. The van der Waals surface area contributed by atoms with Crippen LogP contribution in [0.2, 0.25) is 0 Å². The van der Waals surface area contributed by atoms with Crippen LogP contribution in [0.1, 0.15) is 17.7 Å². The van der Waals surface area contributed by atoms with Crippen molar-refractivity contribution in [2.75, 3.05) is 0 Å².